The van der Waals surface area contributed by atoms with Gasteiger partial charge < -0.3 is 9.73 Å². The fourth-order valence-electron chi connectivity index (χ4n) is 3.24. The van der Waals surface area contributed by atoms with Crippen LogP contribution < -0.4 is 10.5 Å². The molecule has 3 rings (SSSR count). The Labute approximate surface area is 152 Å². The fraction of sp³-hybridized carbons (Fsp3) is 0.211. The summed E-state index contributed by atoms with van der Waals surface area (Å²) in [6, 6.07) is 13.4. The van der Waals surface area contributed by atoms with Crippen LogP contribution in [-0.2, 0) is 10.0 Å². The van der Waals surface area contributed by atoms with Crippen molar-refractivity contribution in [1.82, 2.24) is 5.32 Å². The number of furan rings is 1. The number of fused-ring (bicyclic) bond motifs is 1. The maximum absolute atomic E-state index is 12.8. The minimum atomic E-state index is -4.08. The molecule has 1 heterocycles. The number of rotatable bonds is 4. The van der Waals surface area contributed by atoms with Gasteiger partial charge >= 0.3 is 0 Å². The standard InChI is InChI=1S/C19H20N2O4S/c1-11(15-10-6-8-14-7-4-5-9-16(14)15)21-19(22)17-12(2)25-13(3)18(17)26(20,23)24/h4-11H,1-3H3,(H,21,22)(H2,20,23,24). The highest BCUT2D eigenvalue weighted by molar-refractivity contribution is 7.89. The lowest BCUT2D eigenvalue weighted by Crippen LogP contribution is -2.29. The van der Waals surface area contributed by atoms with Crippen LogP contribution >= 0.6 is 0 Å². The maximum Gasteiger partial charge on any atom is 0.256 e. The van der Waals surface area contributed by atoms with Crippen LogP contribution in [0.15, 0.2) is 51.8 Å². The highest BCUT2D eigenvalue weighted by Gasteiger charge is 2.29. The Bertz CT molecular complexity index is 1090. The van der Waals surface area contributed by atoms with Gasteiger partial charge in [-0.3, -0.25) is 4.79 Å². The average Bonchev–Trinajstić information content (AvgIpc) is 2.88. The Morgan fingerprint density at radius 2 is 1.73 bits per heavy atom. The van der Waals surface area contributed by atoms with E-state index in [-0.39, 0.29) is 28.0 Å². The topological polar surface area (TPSA) is 102 Å². The van der Waals surface area contributed by atoms with Gasteiger partial charge in [-0.1, -0.05) is 42.5 Å². The zero-order valence-electron chi connectivity index (χ0n) is 14.7. The van der Waals surface area contributed by atoms with Crippen LogP contribution in [0.4, 0.5) is 0 Å². The highest BCUT2D eigenvalue weighted by atomic mass is 32.2. The summed E-state index contributed by atoms with van der Waals surface area (Å²) in [6.07, 6.45) is 0. The minimum absolute atomic E-state index is 0.0444. The Morgan fingerprint density at radius 3 is 2.42 bits per heavy atom. The number of carbonyl (C=O) groups excluding carboxylic acids is 1. The molecule has 7 heteroatoms. The summed E-state index contributed by atoms with van der Waals surface area (Å²) < 4.78 is 29.1. The SMILES string of the molecule is Cc1oc(C)c(S(N)(=O)=O)c1C(=O)NC(C)c1cccc2ccccc12. The van der Waals surface area contributed by atoms with Crippen molar-refractivity contribution in [2.24, 2.45) is 5.14 Å². The Morgan fingerprint density at radius 1 is 1.08 bits per heavy atom. The third-order valence-corrected chi connectivity index (χ3v) is 5.41. The van der Waals surface area contributed by atoms with E-state index in [9.17, 15) is 13.2 Å². The number of nitrogens with one attached hydrogen (secondary N) is 1. The van der Waals surface area contributed by atoms with E-state index < -0.39 is 15.9 Å². The molecule has 0 bridgehead atoms. The number of primary sulfonamides is 1. The molecule has 1 atom stereocenters. The lowest BCUT2D eigenvalue weighted by molar-refractivity contribution is 0.0935. The van der Waals surface area contributed by atoms with Gasteiger partial charge in [0.15, 0.2) is 0 Å². The molecule has 0 aliphatic rings. The van der Waals surface area contributed by atoms with E-state index in [1.165, 1.54) is 6.92 Å². The van der Waals surface area contributed by atoms with Crippen molar-refractivity contribution in [3.05, 3.63) is 65.1 Å². The predicted octanol–water partition coefficient (Wildman–Crippen LogP) is 3.19. The first kappa shape index (κ1) is 18.2. The second-order valence-electron chi connectivity index (χ2n) is 6.23. The van der Waals surface area contributed by atoms with Crippen molar-refractivity contribution in [2.75, 3.05) is 0 Å². The van der Waals surface area contributed by atoms with Crippen LogP contribution in [0, 0.1) is 13.8 Å². The zero-order valence-corrected chi connectivity index (χ0v) is 15.6. The van der Waals surface area contributed by atoms with E-state index in [0.29, 0.717) is 0 Å². The molecule has 1 aromatic heterocycles. The van der Waals surface area contributed by atoms with Gasteiger partial charge in [0.1, 0.15) is 22.0 Å². The summed E-state index contributed by atoms with van der Waals surface area (Å²) in [7, 11) is -4.08. The Hall–Kier alpha value is -2.64. The van der Waals surface area contributed by atoms with E-state index in [0.717, 1.165) is 16.3 Å². The normalized spacial score (nSPS) is 12.9. The van der Waals surface area contributed by atoms with Crippen molar-refractivity contribution in [3.8, 4) is 0 Å². The molecule has 0 spiro atoms. The smallest absolute Gasteiger partial charge is 0.256 e. The van der Waals surface area contributed by atoms with E-state index in [1.54, 1.807) is 6.92 Å². The number of hydrogen-bond donors (Lipinski definition) is 2. The van der Waals surface area contributed by atoms with Crippen LogP contribution in [0.25, 0.3) is 10.8 Å². The second kappa shape index (κ2) is 6.59. The van der Waals surface area contributed by atoms with Crippen LogP contribution in [0.3, 0.4) is 0 Å². The maximum atomic E-state index is 12.8. The van der Waals surface area contributed by atoms with Crippen molar-refractivity contribution in [3.63, 3.8) is 0 Å². The van der Waals surface area contributed by atoms with Crippen molar-refractivity contribution >= 4 is 26.7 Å². The molecule has 0 saturated carbocycles. The largest absolute Gasteiger partial charge is 0.464 e. The van der Waals surface area contributed by atoms with Gasteiger partial charge in [-0.2, -0.15) is 0 Å². The number of hydrogen-bond acceptors (Lipinski definition) is 4. The molecule has 3 aromatic rings. The summed E-state index contributed by atoms with van der Waals surface area (Å²) in [5.74, 6) is -0.217. The summed E-state index contributed by atoms with van der Waals surface area (Å²) in [6.45, 7) is 4.86. The minimum Gasteiger partial charge on any atom is -0.464 e. The van der Waals surface area contributed by atoms with Gasteiger partial charge in [-0.15, -0.1) is 0 Å². The molecular weight excluding hydrogens is 352 g/mol. The third-order valence-electron chi connectivity index (χ3n) is 4.35. The summed E-state index contributed by atoms with van der Waals surface area (Å²) >= 11 is 0. The summed E-state index contributed by atoms with van der Waals surface area (Å²) in [5, 5.41) is 10.2. The number of carbonyl (C=O) groups is 1. The molecule has 0 aliphatic heterocycles. The quantitative estimate of drug-likeness (QED) is 0.734. The van der Waals surface area contributed by atoms with Crippen LogP contribution in [-0.4, -0.2) is 14.3 Å². The highest BCUT2D eigenvalue weighted by Crippen LogP contribution is 2.28. The molecule has 0 aliphatic carbocycles. The molecular formula is C19H20N2O4S. The van der Waals surface area contributed by atoms with Crippen molar-refractivity contribution in [1.29, 1.82) is 0 Å². The Balaban J connectivity index is 1.99. The molecule has 0 saturated heterocycles. The van der Waals surface area contributed by atoms with Gasteiger partial charge in [-0.05, 0) is 37.1 Å². The Kier molecular flexibility index (Phi) is 4.60. The first-order valence-corrected chi connectivity index (χ1v) is 9.66. The molecule has 2 aromatic carbocycles. The fourth-order valence-corrected chi connectivity index (χ4v) is 4.21. The lowest BCUT2D eigenvalue weighted by Gasteiger charge is -2.17. The van der Waals surface area contributed by atoms with Gasteiger partial charge in [0.25, 0.3) is 5.91 Å². The van der Waals surface area contributed by atoms with Gasteiger partial charge in [-0.25, -0.2) is 13.6 Å². The number of aryl methyl sites for hydroxylation is 2. The average molecular weight is 372 g/mol. The molecule has 26 heavy (non-hydrogen) atoms. The second-order valence-corrected chi connectivity index (χ2v) is 7.73. The van der Waals surface area contributed by atoms with Crippen LogP contribution in [0.1, 0.15) is 40.4 Å². The third kappa shape index (κ3) is 3.23. The van der Waals surface area contributed by atoms with Crippen LogP contribution in [0.2, 0.25) is 0 Å². The zero-order chi connectivity index (χ0) is 19.1. The molecule has 1 amide bonds. The van der Waals surface area contributed by atoms with E-state index in [1.807, 2.05) is 49.4 Å². The lowest BCUT2D eigenvalue weighted by atomic mass is 9.99. The summed E-state index contributed by atoms with van der Waals surface area (Å²) in [4.78, 5) is 12.5. The first-order valence-electron chi connectivity index (χ1n) is 8.11. The van der Waals surface area contributed by atoms with E-state index in [4.69, 9.17) is 9.56 Å². The molecule has 0 radical (unpaired) electrons. The van der Waals surface area contributed by atoms with Crippen LogP contribution in [0.5, 0.6) is 0 Å². The monoisotopic (exact) mass is 372 g/mol. The van der Waals surface area contributed by atoms with E-state index in [2.05, 4.69) is 5.32 Å². The molecule has 0 fully saturated rings. The first-order chi connectivity index (χ1) is 12.2. The van der Waals surface area contributed by atoms with Gasteiger partial charge in [0.2, 0.25) is 10.0 Å². The number of benzene rings is 2. The number of amides is 1. The van der Waals surface area contributed by atoms with Crippen molar-refractivity contribution in [2.45, 2.75) is 31.7 Å². The number of nitrogens with two attached hydrogens (primary N) is 1. The molecule has 1 unspecified atom stereocenters. The number of sulfonamides is 1. The van der Waals surface area contributed by atoms with E-state index >= 15 is 0 Å². The van der Waals surface area contributed by atoms with Gasteiger partial charge in [0, 0.05) is 0 Å². The molecule has 6 nitrogen and oxygen atoms in total. The van der Waals surface area contributed by atoms with Gasteiger partial charge in [0.05, 0.1) is 6.04 Å². The molecule has 136 valence electrons. The molecule has 3 N–H and O–H groups in total. The predicted molar refractivity (Wildman–Crippen MR) is 99.4 cm³/mol. The van der Waals surface area contributed by atoms with Crippen molar-refractivity contribution < 1.29 is 17.6 Å². The summed E-state index contributed by atoms with van der Waals surface area (Å²) in [5.41, 5.74) is 0.892.